The first-order valence-electron chi connectivity index (χ1n) is 4.83. The van der Waals surface area contributed by atoms with Gasteiger partial charge in [0, 0.05) is 7.77 Å². The van der Waals surface area contributed by atoms with Crippen LogP contribution < -0.4 is 0 Å². The molecule has 0 rings (SSSR count). The first-order valence-corrected chi connectivity index (χ1v) is 3.75. The fourth-order valence-electron chi connectivity index (χ4n) is 0.668. The molecule has 1 atom stereocenters. The first kappa shape index (κ1) is 6.14. The van der Waals surface area contributed by atoms with Gasteiger partial charge in [0.15, 0.2) is 0 Å². The number of carbonyl (C=O) groups excluding carboxylic acids is 1. The van der Waals surface area contributed by atoms with Gasteiger partial charge >= 0.3 is 0 Å². The second-order valence-corrected chi connectivity index (χ2v) is 2.16. The van der Waals surface area contributed by atoms with Crippen LogP contribution in [0, 0.1) is 0 Å². The van der Waals surface area contributed by atoms with Gasteiger partial charge in [0.25, 0.3) is 0 Å². The highest BCUT2D eigenvalue weighted by Crippen LogP contribution is 1.99. The van der Waals surface area contributed by atoms with Gasteiger partial charge in [0.1, 0.15) is 6.29 Å². The molecule has 1 nitrogen and oxygen atoms in total. The molecule has 0 saturated heterocycles. The zero-order valence-electron chi connectivity index (χ0n) is 8.47. The number of hydrogen-bond acceptors (Lipinski definition) is 1. The van der Waals surface area contributed by atoms with Crippen molar-refractivity contribution in [1.29, 1.82) is 0 Å². The summed E-state index contributed by atoms with van der Waals surface area (Å²) in [4.78, 5) is 10.1. The maximum atomic E-state index is 10.1. The van der Waals surface area contributed by atoms with Crippen LogP contribution in [0.2, 0.25) is 0 Å². The Kier molecular flexibility index (Phi) is 5.17. The molecule has 1 heteroatoms. The third-order valence-corrected chi connectivity index (χ3v) is 1.22. The van der Waals surface area contributed by atoms with E-state index >= 15 is 0 Å². The van der Waals surface area contributed by atoms with Crippen LogP contribution >= 0.6 is 0 Å². The summed E-state index contributed by atoms with van der Waals surface area (Å²) in [5.41, 5.74) is 0. The molecule has 0 N–H and O–H groups in total. The predicted octanol–water partition coefficient (Wildman–Crippen LogP) is 2.71. The van der Waals surface area contributed by atoms with Gasteiger partial charge in [-0.15, -0.1) is 0 Å². The van der Waals surface area contributed by atoms with Gasteiger partial charge < -0.3 is 4.79 Å². The average molecular weight is 142 g/mol. The average Bonchev–Trinajstić information content (AvgIpc) is 2.05. The normalized spacial score (nSPS) is 17.5. The molecular formula is C9H16O. The number of unbranched alkanes of at least 4 members (excludes halogenated alkanes) is 2. The van der Waals surface area contributed by atoms with Crippen molar-refractivity contribution in [3.8, 4) is 0 Å². The molecule has 0 aliphatic heterocycles. The van der Waals surface area contributed by atoms with Crippen molar-refractivity contribution in [3.63, 3.8) is 0 Å². The van der Waals surface area contributed by atoms with Gasteiger partial charge in [-0.25, -0.2) is 0 Å². The topological polar surface area (TPSA) is 17.1 Å². The molecule has 0 bridgehead atoms. The Hall–Kier alpha value is -0.590. The molecule has 0 saturated carbocycles. The van der Waals surface area contributed by atoms with Crippen LogP contribution in [0.4, 0.5) is 0 Å². The van der Waals surface area contributed by atoms with E-state index < -0.39 is 6.40 Å². The summed E-state index contributed by atoms with van der Waals surface area (Å²) in [5, 5.41) is 0. The lowest BCUT2D eigenvalue weighted by Gasteiger charge is -1.89. The van der Waals surface area contributed by atoms with Gasteiger partial charge in [0.05, 0.1) is 1.37 Å². The van der Waals surface area contributed by atoms with Crippen LogP contribution in [0.3, 0.4) is 0 Å². The lowest BCUT2D eigenvalue weighted by molar-refractivity contribution is -0.107. The molecule has 0 aromatic rings. The van der Waals surface area contributed by atoms with Gasteiger partial charge in [-0.05, 0) is 12.8 Å². The van der Waals surface area contributed by atoms with Crippen LogP contribution in [0.25, 0.3) is 0 Å². The van der Waals surface area contributed by atoms with E-state index in [9.17, 15) is 4.79 Å². The number of rotatable bonds is 6. The Balaban J connectivity index is 3.62. The summed E-state index contributed by atoms with van der Waals surface area (Å²) < 4.78 is 14.4. The summed E-state index contributed by atoms with van der Waals surface area (Å²) in [5.74, 6) is 0. The molecule has 0 amide bonds. The lowest BCUT2D eigenvalue weighted by atomic mass is 10.2. The van der Waals surface area contributed by atoms with Crippen LogP contribution in [0.15, 0.2) is 12.1 Å². The van der Waals surface area contributed by atoms with E-state index in [-0.39, 0.29) is 0 Å². The molecular weight excluding hydrogens is 124 g/mol. The second-order valence-electron chi connectivity index (χ2n) is 2.16. The number of hydrogen-bond donors (Lipinski definition) is 0. The largest absolute Gasteiger partial charge is 0.303 e. The minimum Gasteiger partial charge on any atom is -0.303 e. The van der Waals surface area contributed by atoms with E-state index in [1.165, 1.54) is 6.08 Å². The Bertz CT molecular complexity index is 155. The van der Waals surface area contributed by atoms with Crippen LogP contribution in [-0.2, 0) is 4.79 Å². The van der Waals surface area contributed by atoms with E-state index in [1.807, 2.05) is 0 Å². The molecule has 0 spiro atoms. The fraction of sp³-hybridized carbons (Fsp3) is 0.667. The fourth-order valence-corrected chi connectivity index (χ4v) is 0.668. The molecule has 0 heterocycles. The third-order valence-electron chi connectivity index (χ3n) is 1.22. The highest BCUT2D eigenvalue weighted by atomic mass is 16.1. The second kappa shape index (κ2) is 8.41. The Morgan fingerprint density at radius 3 is 3.00 bits per heavy atom. The zero-order chi connectivity index (χ0) is 9.40. The summed E-state index contributed by atoms with van der Waals surface area (Å²) in [6.07, 6.45) is 5.00. The van der Waals surface area contributed by atoms with Crippen LogP contribution in [0.1, 0.15) is 41.7 Å². The standard InChI is InChI=1S/C9H16O/c1-2-3-4-5-6-7-8-9-10/h6-7,9H,2-5,8H2,1H3/b7-6-/i6D,8D/t8-/m1/s1. The Morgan fingerprint density at radius 2 is 2.40 bits per heavy atom. The quantitative estimate of drug-likeness (QED) is 0.316. The van der Waals surface area contributed by atoms with Crippen LogP contribution in [0.5, 0.6) is 0 Å². The Labute approximate surface area is 65.9 Å². The molecule has 10 heavy (non-hydrogen) atoms. The predicted molar refractivity (Wildman–Crippen MR) is 44.0 cm³/mol. The monoisotopic (exact) mass is 142 g/mol. The molecule has 0 aliphatic carbocycles. The SMILES string of the molecule is [2H]/C(=C/[C@@H]([2H])C=O)CCCCC. The summed E-state index contributed by atoms with van der Waals surface area (Å²) in [7, 11) is 0. The first-order chi connectivity index (χ1) is 5.70. The van der Waals surface area contributed by atoms with Crippen molar-refractivity contribution >= 4 is 6.29 Å². The molecule has 0 unspecified atom stereocenters. The molecule has 0 aliphatic rings. The summed E-state index contributed by atoms with van der Waals surface area (Å²) in [6, 6.07) is 0.413. The van der Waals surface area contributed by atoms with Gasteiger partial charge in [-0.3, -0.25) is 0 Å². The smallest absolute Gasteiger partial charge is 0.123 e. The zero-order valence-corrected chi connectivity index (χ0v) is 6.47. The Morgan fingerprint density at radius 1 is 1.60 bits per heavy atom. The van der Waals surface area contributed by atoms with Gasteiger partial charge in [0.2, 0.25) is 0 Å². The summed E-state index contributed by atoms with van der Waals surface area (Å²) >= 11 is 0. The summed E-state index contributed by atoms with van der Waals surface area (Å²) in [6.45, 7) is 2.10. The van der Waals surface area contributed by atoms with Crippen molar-refractivity contribution in [2.45, 2.75) is 39.0 Å². The van der Waals surface area contributed by atoms with E-state index in [4.69, 9.17) is 2.74 Å². The number of allylic oxidation sites excluding steroid dienone is 2. The third kappa shape index (κ3) is 7.41. The van der Waals surface area contributed by atoms with Crippen molar-refractivity contribution in [2.24, 2.45) is 0 Å². The molecule has 0 aromatic carbocycles. The van der Waals surface area contributed by atoms with E-state index in [0.717, 1.165) is 19.3 Å². The van der Waals surface area contributed by atoms with Crippen molar-refractivity contribution in [1.82, 2.24) is 0 Å². The van der Waals surface area contributed by atoms with Crippen molar-refractivity contribution in [3.05, 3.63) is 12.1 Å². The van der Waals surface area contributed by atoms with E-state index in [0.29, 0.717) is 18.8 Å². The minimum absolute atomic E-state index is 0.413. The molecule has 58 valence electrons. The van der Waals surface area contributed by atoms with Gasteiger partial charge in [-0.2, -0.15) is 0 Å². The maximum absolute atomic E-state index is 10.1. The molecule has 0 radical (unpaired) electrons. The maximum Gasteiger partial charge on any atom is 0.123 e. The van der Waals surface area contributed by atoms with Crippen molar-refractivity contribution in [2.75, 3.05) is 0 Å². The minimum atomic E-state index is -0.848. The highest BCUT2D eigenvalue weighted by Gasteiger charge is 1.80. The lowest BCUT2D eigenvalue weighted by Crippen LogP contribution is -1.71. The highest BCUT2D eigenvalue weighted by molar-refractivity contribution is 5.51. The van der Waals surface area contributed by atoms with E-state index in [2.05, 4.69) is 6.92 Å². The number of carbonyl (C=O) groups is 1. The number of aldehydes is 1. The van der Waals surface area contributed by atoms with Gasteiger partial charge in [-0.1, -0.05) is 31.9 Å². The molecule has 0 fully saturated rings. The molecule has 0 aromatic heterocycles. The van der Waals surface area contributed by atoms with Crippen molar-refractivity contribution < 1.29 is 7.54 Å². The van der Waals surface area contributed by atoms with E-state index in [1.54, 1.807) is 0 Å². The van der Waals surface area contributed by atoms with Crippen LogP contribution in [-0.4, -0.2) is 6.29 Å².